The molecule has 0 bridgehead atoms. The fourth-order valence-electron chi connectivity index (χ4n) is 1.13. The molecule has 0 aliphatic carbocycles. The Balaban J connectivity index is 3.90. The summed E-state index contributed by atoms with van der Waals surface area (Å²) in [4.78, 5) is 9.52. The summed E-state index contributed by atoms with van der Waals surface area (Å²) in [5.74, 6) is 0. The van der Waals surface area contributed by atoms with Crippen LogP contribution in [0.15, 0.2) is 0 Å². The van der Waals surface area contributed by atoms with Crippen LogP contribution >= 0.6 is 8.53 Å². The Morgan fingerprint density at radius 3 is 2.33 bits per heavy atom. The molecule has 0 aliphatic rings. The Labute approximate surface area is 93.0 Å². The summed E-state index contributed by atoms with van der Waals surface area (Å²) >= 11 is 0. The van der Waals surface area contributed by atoms with Gasteiger partial charge in [0.05, 0.1) is 19.1 Å². The molecule has 0 aromatic rings. The van der Waals surface area contributed by atoms with E-state index >= 15 is 0 Å². The summed E-state index contributed by atoms with van der Waals surface area (Å²) in [6, 6.07) is 2.51. The van der Waals surface area contributed by atoms with Gasteiger partial charge in [0.15, 0.2) is 0 Å². The lowest BCUT2D eigenvalue weighted by atomic mass is 10.3. The van der Waals surface area contributed by atoms with Crippen LogP contribution in [0, 0.1) is 11.3 Å². The summed E-state index contributed by atoms with van der Waals surface area (Å²) in [5, 5.41) is 13.1. The van der Waals surface area contributed by atoms with Crippen LogP contribution in [0.4, 0.5) is 0 Å². The number of hydrazine groups is 1. The molecule has 15 heavy (non-hydrogen) atoms. The van der Waals surface area contributed by atoms with Crippen molar-refractivity contribution in [2.24, 2.45) is 0 Å². The highest BCUT2D eigenvalue weighted by atomic mass is 31.2. The monoisotopic (exact) mass is 233 g/mol. The second kappa shape index (κ2) is 7.98. The highest BCUT2D eigenvalue weighted by Crippen LogP contribution is 2.27. The number of nitrogens with one attached hydrogen (secondary N) is 1. The highest BCUT2D eigenvalue weighted by Gasteiger charge is 2.17. The van der Waals surface area contributed by atoms with E-state index in [1.165, 1.54) is 0 Å². The molecule has 2 N–H and O–H groups in total. The maximum absolute atomic E-state index is 9.52. The minimum absolute atomic E-state index is 0.260. The largest absolute Gasteiger partial charge is 0.337 e. The molecule has 0 rings (SSSR count). The number of rotatable bonds is 7. The molecule has 5 nitrogen and oxygen atoms in total. The van der Waals surface area contributed by atoms with E-state index in [0.717, 1.165) is 0 Å². The van der Waals surface area contributed by atoms with Crippen molar-refractivity contribution in [1.82, 2.24) is 10.2 Å². The van der Waals surface area contributed by atoms with Crippen LogP contribution in [0.1, 0.15) is 34.1 Å². The van der Waals surface area contributed by atoms with Crippen molar-refractivity contribution in [2.45, 2.75) is 46.2 Å². The summed E-state index contributed by atoms with van der Waals surface area (Å²) < 4.78 is 5.06. The molecule has 0 fully saturated rings. The van der Waals surface area contributed by atoms with Crippen molar-refractivity contribution in [2.75, 3.05) is 6.61 Å². The molecule has 88 valence electrons. The first-order chi connectivity index (χ1) is 6.99. The summed E-state index contributed by atoms with van der Waals surface area (Å²) in [5.41, 5.74) is 0. The average molecular weight is 233 g/mol. The van der Waals surface area contributed by atoms with Gasteiger partial charge in [-0.15, -0.1) is 0 Å². The van der Waals surface area contributed by atoms with Crippen molar-refractivity contribution in [3.05, 3.63) is 0 Å². The van der Waals surface area contributed by atoms with Gasteiger partial charge in [-0.05, 0) is 27.7 Å². The second-order valence-corrected chi connectivity index (χ2v) is 4.71. The lowest BCUT2D eigenvalue weighted by molar-refractivity contribution is 0.130. The zero-order valence-electron chi connectivity index (χ0n) is 9.77. The van der Waals surface area contributed by atoms with Crippen LogP contribution in [0.5, 0.6) is 0 Å². The van der Waals surface area contributed by atoms with E-state index in [1.807, 2.05) is 38.8 Å². The molecule has 0 radical (unpaired) electrons. The molecular formula is C9H20N3O2P. The Kier molecular flexibility index (Phi) is 7.85. The molecule has 0 aliphatic heterocycles. The Hall–Kier alpha value is -0.240. The van der Waals surface area contributed by atoms with Crippen molar-refractivity contribution in [1.29, 1.82) is 5.26 Å². The topological polar surface area (TPSA) is 68.5 Å². The number of nitriles is 1. The fourth-order valence-corrected chi connectivity index (χ4v) is 2.11. The molecule has 0 aromatic carbocycles. The van der Waals surface area contributed by atoms with Crippen LogP contribution < -0.4 is 5.20 Å². The number of hydrogen-bond acceptors (Lipinski definition) is 5. The molecule has 1 atom stereocenters. The van der Waals surface area contributed by atoms with Gasteiger partial charge in [-0.2, -0.15) is 10.5 Å². The van der Waals surface area contributed by atoms with Crippen LogP contribution in [0.25, 0.3) is 0 Å². The van der Waals surface area contributed by atoms with E-state index in [1.54, 1.807) is 0 Å². The first-order valence-corrected chi connectivity index (χ1v) is 6.23. The zero-order chi connectivity index (χ0) is 11.8. The summed E-state index contributed by atoms with van der Waals surface area (Å²) in [6.07, 6.45) is 0.296. The Morgan fingerprint density at radius 1 is 1.40 bits per heavy atom. The fraction of sp³-hybridized carbons (Fsp3) is 0.889. The Morgan fingerprint density at radius 2 is 1.93 bits per heavy atom. The Bertz CT molecular complexity index is 198. The van der Waals surface area contributed by atoms with Gasteiger partial charge in [0.2, 0.25) is 0 Å². The van der Waals surface area contributed by atoms with Gasteiger partial charge >= 0.3 is 0 Å². The smallest absolute Gasteiger partial charge is 0.267 e. The molecule has 0 aromatic heterocycles. The molecule has 0 amide bonds. The quantitative estimate of drug-likeness (QED) is 0.398. The molecule has 1 unspecified atom stereocenters. The molecular weight excluding hydrogens is 213 g/mol. The molecule has 0 saturated carbocycles. The second-order valence-electron chi connectivity index (χ2n) is 3.71. The third kappa shape index (κ3) is 6.77. The van der Waals surface area contributed by atoms with Crippen LogP contribution in [-0.2, 0) is 4.52 Å². The van der Waals surface area contributed by atoms with Gasteiger partial charge in [0, 0.05) is 12.1 Å². The van der Waals surface area contributed by atoms with E-state index in [9.17, 15) is 4.89 Å². The maximum Gasteiger partial charge on any atom is 0.267 e. The van der Waals surface area contributed by atoms with Gasteiger partial charge in [-0.25, -0.2) is 5.01 Å². The lowest BCUT2D eigenvalue weighted by Crippen LogP contribution is -2.45. The standard InChI is InChI=1S/C9H20N3O2P/c1-8(2)12(9(3)4)11-15(13)14-7-5-6-10/h8-9,11,13H,5,7H2,1-4H3. The van der Waals surface area contributed by atoms with Gasteiger partial charge in [0.25, 0.3) is 8.53 Å². The summed E-state index contributed by atoms with van der Waals surface area (Å²) in [6.45, 7) is 8.39. The molecule has 6 heteroatoms. The van der Waals surface area contributed by atoms with Crippen LogP contribution in [0.3, 0.4) is 0 Å². The summed E-state index contributed by atoms with van der Waals surface area (Å²) in [7, 11) is -1.67. The van der Waals surface area contributed by atoms with Gasteiger partial charge in [-0.3, -0.25) is 0 Å². The van der Waals surface area contributed by atoms with Crippen LogP contribution in [-0.4, -0.2) is 28.6 Å². The number of hydrogen-bond donors (Lipinski definition) is 2. The van der Waals surface area contributed by atoms with Crippen molar-refractivity contribution >= 4 is 8.53 Å². The maximum atomic E-state index is 9.52. The van der Waals surface area contributed by atoms with E-state index in [0.29, 0.717) is 6.42 Å². The third-order valence-electron chi connectivity index (χ3n) is 1.74. The first-order valence-electron chi connectivity index (χ1n) is 5.02. The molecule has 0 spiro atoms. The molecule has 0 heterocycles. The van der Waals surface area contributed by atoms with Gasteiger partial charge < -0.3 is 9.42 Å². The van der Waals surface area contributed by atoms with E-state index in [2.05, 4.69) is 5.20 Å². The van der Waals surface area contributed by atoms with Gasteiger partial charge in [-0.1, -0.05) is 0 Å². The number of nitrogens with zero attached hydrogens (tertiary/aromatic N) is 2. The van der Waals surface area contributed by atoms with Crippen molar-refractivity contribution in [3.63, 3.8) is 0 Å². The van der Waals surface area contributed by atoms with Crippen LogP contribution in [0.2, 0.25) is 0 Å². The minimum atomic E-state index is -1.67. The van der Waals surface area contributed by atoms with E-state index in [4.69, 9.17) is 9.79 Å². The lowest BCUT2D eigenvalue weighted by Gasteiger charge is -2.31. The first kappa shape index (κ1) is 14.8. The molecule has 0 saturated heterocycles. The highest BCUT2D eigenvalue weighted by molar-refractivity contribution is 7.43. The van der Waals surface area contributed by atoms with Gasteiger partial charge in [0.1, 0.15) is 0 Å². The predicted molar refractivity (Wildman–Crippen MR) is 60.6 cm³/mol. The van der Waals surface area contributed by atoms with E-state index < -0.39 is 8.53 Å². The third-order valence-corrected chi connectivity index (χ3v) is 2.57. The minimum Gasteiger partial charge on any atom is -0.337 e. The average Bonchev–Trinajstić information content (AvgIpc) is 2.13. The predicted octanol–water partition coefficient (Wildman–Crippen LogP) is 1.76. The normalized spacial score (nSPS) is 13.5. The SMILES string of the molecule is CC(C)N(NP(O)OCCC#N)C(C)C. The van der Waals surface area contributed by atoms with E-state index in [-0.39, 0.29) is 18.7 Å². The zero-order valence-corrected chi connectivity index (χ0v) is 10.7. The van der Waals surface area contributed by atoms with Crippen molar-refractivity contribution < 1.29 is 9.42 Å². The van der Waals surface area contributed by atoms with Crippen molar-refractivity contribution in [3.8, 4) is 6.07 Å².